The highest BCUT2D eigenvalue weighted by molar-refractivity contribution is 6.34. The van der Waals surface area contributed by atoms with Gasteiger partial charge in [-0.05, 0) is 35.7 Å². The Morgan fingerprint density at radius 3 is 2.17 bits per heavy atom. The van der Waals surface area contributed by atoms with Crippen LogP contribution in [0.1, 0.15) is 28.3 Å². The molecule has 0 atom stereocenters. The van der Waals surface area contributed by atoms with Gasteiger partial charge in [0.05, 0.1) is 22.3 Å². The Hall–Kier alpha value is -2.75. The molecule has 144 valence electrons. The first kappa shape index (κ1) is 18.3. The largest absolute Gasteiger partial charge is 0.369 e. The molecule has 1 aliphatic heterocycles. The van der Waals surface area contributed by atoms with Crippen molar-refractivity contribution in [2.75, 3.05) is 11.9 Å². The molecule has 0 radical (unpaired) electrons. The molecule has 3 aromatic carbocycles. The molecule has 2 heterocycles. The highest BCUT2D eigenvalue weighted by Crippen LogP contribution is 2.40. The van der Waals surface area contributed by atoms with E-state index in [0.717, 1.165) is 30.2 Å². The lowest BCUT2D eigenvalue weighted by molar-refractivity contribution is 0.802. The van der Waals surface area contributed by atoms with E-state index in [2.05, 4.69) is 53.8 Å². The smallest absolute Gasteiger partial charge is 0.133 e. The molecule has 0 spiro atoms. The first-order chi connectivity index (χ1) is 14.2. The van der Waals surface area contributed by atoms with Crippen LogP contribution in [0.4, 0.5) is 5.82 Å². The number of rotatable bonds is 4. The van der Waals surface area contributed by atoms with E-state index in [-0.39, 0.29) is 5.92 Å². The van der Waals surface area contributed by atoms with Crippen molar-refractivity contribution in [3.63, 3.8) is 0 Å². The summed E-state index contributed by atoms with van der Waals surface area (Å²) in [6.07, 6.45) is 0.930. The molecule has 5 rings (SSSR count). The number of hydrogen-bond donors (Lipinski definition) is 1. The maximum Gasteiger partial charge on any atom is 0.133 e. The van der Waals surface area contributed by atoms with E-state index in [0.29, 0.717) is 10.0 Å². The molecule has 1 N–H and O–H groups in total. The van der Waals surface area contributed by atoms with E-state index in [9.17, 15) is 0 Å². The minimum Gasteiger partial charge on any atom is -0.369 e. The Balaban J connectivity index is 1.73. The number of benzene rings is 3. The molecular formula is C24H19Cl2N3. The van der Waals surface area contributed by atoms with Crippen molar-refractivity contribution in [1.29, 1.82) is 0 Å². The summed E-state index contributed by atoms with van der Waals surface area (Å²) in [5.74, 6) is 1.05. The molecular weight excluding hydrogens is 401 g/mol. The predicted molar refractivity (Wildman–Crippen MR) is 120 cm³/mol. The van der Waals surface area contributed by atoms with Crippen LogP contribution in [0.2, 0.25) is 10.0 Å². The molecule has 29 heavy (non-hydrogen) atoms. The number of anilines is 1. The van der Waals surface area contributed by atoms with Gasteiger partial charge in [-0.15, -0.1) is 0 Å². The zero-order valence-electron chi connectivity index (χ0n) is 15.6. The Morgan fingerprint density at radius 1 is 0.862 bits per heavy atom. The average molecular weight is 420 g/mol. The summed E-state index contributed by atoms with van der Waals surface area (Å²) < 4.78 is 1.91. The van der Waals surface area contributed by atoms with E-state index in [1.54, 1.807) is 6.07 Å². The van der Waals surface area contributed by atoms with Gasteiger partial charge in [-0.2, -0.15) is 5.10 Å². The molecule has 0 bridgehead atoms. The van der Waals surface area contributed by atoms with Gasteiger partial charge in [0.25, 0.3) is 0 Å². The lowest BCUT2D eigenvalue weighted by Crippen LogP contribution is -2.09. The summed E-state index contributed by atoms with van der Waals surface area (Å²) in [7, 11) is 0. The van der Waals surface area contributed by atoms with Crippen molar-refractivity contribution < 1.29 is 0 Å². The fourth-order valence-electron chi connectivity index (χ4n) is 4.05. The van der Waals surface area contributed by atoms with Crippen LogP contribution >= 0.6 is 23.2 Å². The molecule has 0 saturated carbocycles. The predicted octanol–water partition coefficient (Wildman–Crippen LogP) is 6.33. The molecule has 5 heteroatoms. The van der Waals surface area contributed by atoms with E-state index < -0.39 is 0 Å². The number of fused-ring (bicyclic) bond motifs is 1. The van der Waals surface area contributed by atoms with Crippen molar-refractivity contribution in [3.8, 4) is 5.69 Å². The maximum absolute atomic E-state index is 6.51. The van der Waals surface area contributed by atoms with Gasteiger partial charge in [0, 0.05) is 17.1 Å². The van der Waals surface area contributed by atoms with Crippen molar-refractivity contribution in [2.24, 2.45) is 0 Å². The van der Waals surface area contributed by atoms with Crippen LogP contribution in [0.15, 0.2) is 78.9 Å². The standard InChI is InChI=1S/C24H19Cl2N3/c25-18-11-12-20(26)21(15-18)29-24-19(13-14-27-24)23(28-29)22(16-7-3-1-4-8-16)17-9-5-2-6-10-17/h1-12,15,22,27H,13-14H2. The number of aromatic nitrogens is 2. The molecule has 1 aromatic heterocycles. The van der Waals surface area contributed by atoms with Gasteiger partial charge in [0.2, 0.25) is 0 Å². The number of nitrogens with zero attached hydrogens (tertiary/aromatic N) is 2. The summed E-state index contributed by atoms with van der Waals surface area (Å²) in [5.41, 5.74) is 5.51. The molecule has 1 aliphatic rings. The van der Waals surface area contributed by atoms with E-state index >= 15 is 0 Å². The van der Waals surface area contributed by atoms with E-state index in [1.807, 2.05) is 28.9 Å². The number of halogens is 2. The second-order valence-corrected chi connectivity index (χ2v) is 7.99. The molecule has 0 unspecified atom stereocenters. The zero-order valence-corrected chi connectivity index (χ0v) is 17.2. The summed E-state index contributed by atoms with van der Waals surface area (Å²) in [6, 6.07) is 26.5. The number of nitrogens with one attached hydrogen (secondary N) is 1. The van der Waals surface area contributed by atoms with Crippen molar-refractivity contribution in [3.05, 3.63) is 111 Å². The quantitative estimate of drug-likeness (QED) is 0.418. The SMILES string of the molecule is Clc1ccc(Cl)c(-n2nc(C(c3ccccc3)c3ccccc3)c3c2NCC3)c1. The third-order valence-electron chi connectivity index (χ3n) is 5.36. The van der Waals surface area contributed by atoms with E-state index in [4.69, 9.17) is 28.3 Å². The second kappa shape index (κ2) is 7.58. The molecule has 3 nitrogen and oxygen atoms in total. The minimum absolute atomic E-state index is 0.0465. The fourth-order valence-corrected chi connectivity index (χ4v) is 4.42. The summed E-state index contributed by atoms with van der Waals surface area (Å²) in [4.78, 5) is 0. The summed E-state index contributed by atoms with van der Waals surface area (Å²) >= 11 is 12.8. The first-order valence-electron chi connectivity index (χ1n) is 9.63. The van der Waals surface area contributed by atoms with Crippen LogP contribution in [0, 0.1) is 0 Å². The highest BCUT2D eigenvalue weighted by Gasteiger charge is 2.30. The Morgan fingerprint density at radius 2 is 1.52 bits per heavy atom. The normalized spacial score (nSPS) is 12.8. The third-order valence-corrected chi connectivity index (χ3v) is 5.91. The van der Waals surface area contributed by atoms with Crippen LogP contribution in [0.25, 0.3) is 5.69 Å². The molecule has 0 aliphatic carbocycles. The monoisotopic (exact) mass is 419 g/mol. The minimum atomic E-state index is 0.0465. The summed E-state index contributed by atoms with van der Waals surface area (Å²) in [5, 5.41) is 9.82. The molecule has 0 saturated heterocycles. The van der Waals surface area contributed by atoms with Crippen molar-refractivity contribution in [2.45, 2.75) is 12.3 Å². The summed E-state index contributed by atoms with van der Waals surface area (Å²) in [6.45, 7) is 0.884. The van der Waals surface area contributed by atoms with Gasteiger partial charge < -0.3 is 5.32 Å². The molecule has 4 aromatic rings. The Kier molecular flexibility index (Phi) is 4.78. The average Bonchev–Trinajstić information content (AvgIpc) is 3.36. The van der Waals surface area contributed by atoms with E-state index in [1.165, 1.54) is 16.7 Å². The second-order valence-electron chi connectivity index (χ2n) is 7.15. The van der Waals surface area contributed by atoms with Crippen LogP contribution in [-0.4, -0.2) is 16.3 Å². The zero-order chi connectivity index (χ0) is 19.8. The highest BCUT2D eigenvalue weighted by atomic mass is 35.5. The Labute approximate surface area is 179 Å². The van der Waals surface area contributed by atoms with Gasteiger partial charge in [-0.3, -0.25) is 0 Å². The van der Waals surface area contributed by atoms with Crippen molar-refractivity contribution >= 4 is 29.0 Å². The van der Waals surface area contributed by atoms with Crippen LogP contribution in [0.5, 0.6) is 0 Å². The van der Waals surface area contributed by atoms with Gasteiger partial charge >= 0.3 is 0 Å². The van der Waals surface area contributed by atoms with Crippen molar-refractivity contribution in [1.82, 2.24) is 9.78 Å². The molecule has 0 amide bonds. The fraction of sp³-hybridized carbons (Fsp3) is 0.125. The van der Waals surface area contributed by atoms with Gasteiger partial charge in [-0.1, -0.05) is 83.9 Å². The molecule has 0 fully saturated rings. The Bertz CT molecular complexity index is 1110. The third kappa shape index (κ3) is 3.31. The topological polar surface area (TPSA) is 29.9 Å². The number of hydrogen-bond acceptors (Lipinski definition) is 2. The lowest BCUT2D eigenvalue weighted by Gasteiger charge is -2.17. The van der Waals surface area contributed by atoms with Gasteiger partial charge in [0.1, 0.15) is 5.82 Å². The maximum atomic E-state index is 6.51. The first-order valence-corrected chi connectivity index (χ1v) is 10.4. The van der Waals surface area contributed by atoms with Crippen LogP contribution in [-0.2, 0) is 6.42 Å². The van der Waals surface area contributed by atoms with Gasteiger partial charge in [-0.25, -0.2) is 4.68 Å². The van der Waals surface area contributed by atoms with Gasteiger partial charge in [0.15, 0.2) is 0 Å². The van der Waals surface area contributed by atoms with Crippen LogP contribution in [0.3, 0.4) is 0 Å². The lowest BCUT2D eigenvalue weighted by atomic mass is 9.86. The van der Waals surface area contributed by atoms with Crippen LogP contribution < -0.4 is 5.32 Å².